The zero-order valence-corrected chi connectivity index (χ0v) is 12.2. The molecule has 0 saturated carbocycles. The van der Waals surface area contributed by atoms with Crippen LogP contribution in [0.4, 0.5) is 11.5 Å². The van der Waals surface area contributed by atoms with Gasteiger partial charge in [0.25, 0.3) is 0 Å². The topological polar surface area (TPSA) is 50.9 Å². The van der Waals surface area contributed by atoms with Crippen molar-refractivity contribution < 1.29 is 0 Å². The van der Waals surface area contributed by atoms with Gasteiger partial charge in [-0.15, -0.1) is 0 Å². The lowest BCUT2D eigenvalue weighted by molar-refractivity contribution is 1.31. The zero-order chi connectivity index (χ0) is 15.4. The summed E-state index contributed by atoms with van der Waals surface area (Å²) in [6.07, 6.45) is 1.86. The van der Waals surface area contributed by atoms with Crippen molar-refractivity contribution in [1.82, 2.24) is 4.98 Å². The Bertz CT molecular complexity index is 777. The number of nitrogens with one attached hydrogen (secondary N) is 1. The average molecular weight is 287 g/mol. The van der Waals surface area contributed by atoms with E-state index < -0.39 is 0 Å². The van der Waals surface area contributed by atoms with Gasteiger partial charge in [0.15, 0.2) is 0 Å². The van der Waals surface area contributed by atoms with Gasteiger partial charge in [-0.05, 0) is 35.4 Å². The van der Waals surface area contributed by atoms with E-state index in [4.69, 9.17) is 5.73 Å². The van der Waals surface area contributed by atoms with Crippen LogP contribution < -0.4 is 11.1 Å². The van der Waals surface area contributed by atoms with Crippen molar-refractivity contribution in [2.24, 2.45) is 5.73 Å². The van der Waals surface area contributed by atoms with Gasteiger partial charge in [0, 0.05) is 23.1 Å². The molecule has 3 heteroatoms. The first-order valence-electron chi connectivity index (χ1n) is 7.06. The molecule has 0 atom stereocenters. The molecule has 3 aromatic rings. The van der Waals surface area contributed by atoms with Gasteiger partial charge in [0.05, 0.1) is 0 Å². The van der Waals surface area contributed by atoms with Crippen molar-refractivity contribution in [1.29, 1.82) is 0 Å². The van der Waals surface area contributed by atoms with Gasteiger partial charge in [0.1, 0.15) is 5.82 Å². The van der Waals surface area contributed by atoms with Crippen LogP contribution in [0.5, 0.6) is 0 Å². The molecule has 0 unspecified atom stereocenters. The van der Waals surface area contributed by atoms with Crippen molar-refractivity contribution in [2.45, 2.75) is 0 Å². The second kappa shape index (κ2) is 6.14. The van der Waals surface area contributed by atoms with Crippen LogP contribution in [-0.2, 0) is 0 Å². The number of benzene rings is 2. The highest BCUT2D eigenvalue weighted by atomic mass is 15.0. The summed E-state index contributed by atoms with van der Waals surface area (Å²) < 4.78 is 0. The fourth-order valence-electron chi connectivity index (χ4n) is 2.21. The van der Waals surface area contributed by atoms with Crippen LogP contribution in [0.25, 0.3) is 16.8 Å². The number of hydrogen-bond acceptors (Lipinski definition) is 3. The summed E-state index contributed by atoms with van der Waals surface area (Å²) in [6.45, 7) is 3.75. The molecule has 0 saturated heterocycles. The fourth-order valence-corrected chi connectivity index (χ4v) is 2.21. The lowest BCUT2D eigenvalue weighted by atomic mass is 10.1. The van der Waals surface area contributed by atoms with E-state index in [0.29, 0.717) is 5.70 Å². The molecule has 0 fully saturated rings. The molecule has 0 aliphatic heterocycles. The highest BCUT2D eigenvalue weighted by Crippen LogP contribution is 2.22. The van der Waals surface area contributed by atoms with Crippen molar-refractivity contribution in [2.75, 3.05) is 5.32 Å². The van der Waals surface area contributed by atoms with E-state index in [2.05, 4.69) is 35.1 Å². The molecule has 108 valence electrons. The Morgan fingerprint density at radius 3 is 2.41 bits per heavy atom. The molecule has 22 heavy (non-hydrogen) atoms. The van der Waals surface area contributed by atoms with E-state index in [1.807, 2.05) is 54.7 Å². The third-order valence-electron chi connectivity index (χ3n) is 3.38. The zero-order valence-electron chi connectivity index (χ0n) is 12.2. The van der Waals surface area contributed by atoms with E-state index in [1.165, 1.54) is 0 Å². The number of hydrogen-bond donors (Lipinski definition) is 2. The minimum absolute atomic E-state index is 0.552. The Hall–Kier alpha value is -3.07. The minimum Gasteiger partial charge on any atom is -0.399 e. The maximum absolute atomic E-state index is 5.72. The Labute approximate surface area is 130 Å². The molecule has 3 rings (SSSR count). The molecular formula is C19H17N3. The normalized spacial score (nSPS) is 10.2. The maximum atomic E-state index is 5.72. The second-order valence-corrected chi connectivity index (χ2v) is 5.03. The van der Waals surface area contributed by atoms with Gasteiger partial charge in [-0.2, -0.15) is 0 Å². The molecule has 3 N–H and O–H groups in total. The molecular weight excluding hydrogens is 270 g/mol. The Balaban J connectivity index is 1.79. The Morgan fingerprint density at radius 2 is 1.73 bits per heavy atom. The molecule has 1 aromatic heterocycles. The van der Waals surface area contributed by atoms with Gasteiger partial charge in [0.2, 0.25) is 0 Å². The SMILES string of the molecule is C=C(N)c1cccc(Nc2ccc(-c3ccccc3)cn2)c1. The van der Waals surface area contributed by atoms with E-state index in [0.717, 1.165) is 28.2 Å². The minimum atomic E-state index is 0.552. The van der Waals surface area contributed by atoms with Crippen LogP contribution in [0, 0.1) is 0 Å². The van der Waals surface area contributed by atoms with Crippen LogP contribution in [-0.4, -0.2) is 4.98 Å². The first-order chi connectivity index (χ1) is 10.7. The van der Waals surface area contributed by atoms with Gasteiger partial charge < -0.3 is 11.1 Å². The van der Waals surface area contributed by atoms with E-state index in [9.17, 15) is 0 Å². The largest absolute Gasteiger partial charge is 0.399 e. The summed E-state index contributed by atoms with van der Waals surface area (Å²) in [5.74, 6) is 0.791. The second-order valence-electron chi connectivity index (χ2n) is 5.03. The first kappa shape index (κ1) is 13.9. The van der Waals surface area contributed by atoms with Crippen LogP contribution in [0.15, 0.2) is 79.5 Å². The summed E-state index contributed by atoms with van der Waals surface area (Å²) in [5.41, 5.74) is 10.4. The molecule has 0 bridgehead atoms. The predicted molar refractivity (Wildman–Crippen MR) is 92.6 cm³/mol. The van der Waals surface area contributed by atoms with Crippen molar-refractivity contribution in [3.05, 3.63) is 85.1 Å². The number of nitrogens with zero attached hydrogens (tertiary/aromatic N) is 1. The highest BCUT2D eigenvalue weighted by Gasteiger charge is 2.01. The van der Waals surface area contributed by atoms with Crippen molar-refractivity contribution >= 4 is 17.2 Å². The lowest BCUT2D eigenvalue weighted by Gasteiger charge is -2.08. The van der Waals surface area contributed by atoms with Crippen molar-refractivity contribution in [3.8, 4) is 11.1 Å². The number of anilines is 2. The van der Waals surface area contributed by atoms with Crippen LogP contribution in [0.1, 0.15) is 5.56 Å². The van der Waals surface area contributed by atoms with E-state index >= 15 is 0 Å². The number of nitrogens with two attached hydrogens (primary N) is 1. The van der Waals surface area contributed by atoms with E-state index in [-0.39, 0.29) is 0 Å². The quantitative estimate of drug-likeness (QED) is 0.746. The monoisotopic (exact) mass is 287 g/mol. The third kappa shape index (κ3) is 3.15. The lowest BCUT2D eigenvalue weighted by Crippen LogP contribution is -1.97. The van der Waals surface area contributed by atoms with Gasteiger partial charge in [-0.1, -0.05) is 49.0 Å². The standard InChI is InChI=1S/C19H17N3/c1-14(20)16-8-5-9-18(12-16)22-19-11-10-17(13-21-19)15-6-3-2-4-7-15/h2-13H,1,20H2,(H,21,22). The van der Waals surface area contributed by atoms with E-state index in [1.54, 1.807) is 0 Å². The smallest absolute Gasteiger partial charge is 0.130 e. The molecule has 0 radical (unpaired) electrons. The van der Waals surface area contributed by atoms with Gasteiger partial charge in [-0.3, -0.25) is 0 Å². The third-order valence-corrected chi connectivity index (χ3v) is 3.38. The number of pyridine rings is 1. The summed E-state index contributed by atoms with van der Waals surface area (Å²) in [4.78, 5) is 4.46. The average Bonchev–Trinajstić information content (AvgIpc) is 2.56. The number of rotatable bonds is 4. The molecule has 0 spiro atoms. The van der Waals surface area contributed by atoms with Crippen LogP contribution >= 0.6 is 0 Å². The molecule has 0 aliphatic carbocycles. The first-order valence-corrected chi connectivity index (χ1v) is 7.06. The predicted octanol–water partition coefficient (Wildman–Crippen LogP) is 4.42. The maximum Gasteiger partial charge on any atom is 0.130 e. The van der Waals surface area contributed by atoms with Gasteiger partial charge >= 0.3 is 0 Å². The molecule has 3 nitrogen and oxygen atoms in total. The molecule has 1 heterocycles. The number of aromatic nitrogens is 1. The Morgan fingerprint density at radius 1 is 0.909 bits per heavy atom. The summed E-state index contributed by atoms with van der Waals surface area (Å²) in [7, 11) is 0. The molecule has 0 aliphatic rings. The summed E-state index contributed by atoms with van der Waals surface area (Å²) >= 11 is 0. The Kier molecular flexibility index (Phi) is 3.88. The van der Waals surface area contributed by atoms with Crippen LogP contribution in [0.2, 0.25) is 0 Å². The molecule has 2 aromatic carbocycles. The van der Waals surface area contributed by atoms with Crippen LogP contribution in [0.3, 0.4) is 0 Å². The summed E-state index contributed by atoms with van der Waals surface area (Å²) in [5, 5.41) is 3.27. The van der Waals surface area contributed by atoms with Crippen molar-refractivity contribution in [3.63, 3.8) is 0 Å². The highest BCUT2D eigenvalue weighted by molar-refractivity contribution is 5.68. The summed E-state index contributed by atoms with van der Waals surface area (Å²) in [6, 6.07) is 22.0. The molecule has 0 amide bonds. The fraction of sp³-hybridized carbons (Fsp3) is 0. The van der Waals surface area contributed by atoms with Gasteiger partial charge in [-0.25, -0.2) is 4.98 Å².